The summed E-state index contributed by atoms with van der Waals surface area (Å²) in [5.41, 5.74) is 5.40. The molecule has 3 N–H and O–H groups in total. The topological polar surface area (TPSA) is 126 Å². The number of methoxy groups -OCH3 is 3. The zero-order valence-corrected chi connectivity index (χ0v) is 14.3. The highest BCUT2D eigenvalue weighted by Gasteiger charge is 2.18. The molecule has 1 aromatic carbocycles. The molecular formula is C16H20N2O7. The van der Waals surface area contributed by atoms with Gasteiger partial charge >= 0.3 is 12.0 Å². The number of amides is 3. The second-order valence-electron chi connectivity index (χ2n) is 4.72. The van der Waals surface area contributed by atoms with Crippen molar-refractivity contribution in [2.45, 2.75) is 13.0 Å². The van der Waals surface area contributed by atoms with E-state index in [1.54, 1.807) is 12.1 Å². The number of urea groups is 1. The lowest BCUT2D eigenvalue weighted by molar-refractivity contribution is -0.149. The average Bonchev–Trinajstić information content (AvgIpc) is 2.58. The number of rotatable bonds is 7. The summed E-state index contributed by atoms with van der Waals surface area (Å²) in [4.78, 5) is 33.8. The molecule has 1 aromatic rings. The third-order valence-electron chi connectivity index (χ3n) is 3.01. The van der Waals surface area contributed by atoms with E-state index in [2.05, 4.69) is 0 Å². The molecule has 0 saturated carbocycles. The Morgan fingerprint density at radius 1 is 1.08 bits per heavy atom. The summed E-state index contributed by atoms with van der Waals surface area (Å²) < 4.78 is 20.5. The van der Waals surface area contributed by atoms with E-state index >= 15 is 0 Å². The summed E-state index contributed by atoms with van der Waals surface area (Å²) in [6.07, 6.45) is 1.39. The second-order valence-corrected chi connectivity index (χ2v) is 4.72. The summed E-state index contributed by atoms with van der Waals surface area (Å²) in [5.74, 6) is -0.336. The number of primary amides is 1. The van der Waals surface area contributed by atoms with Crippen LogP contribution in [0.3, 0.4) is 0 Å². The Labute approximate surface area is 144 Å². The molecule has 136 valence electrons. The lowest BCUT2D eigenvalue weighted by Crippen LogP contribution is -2.42. The lowest BCUT2D eigenvalue weighted by atomic mass is 10.1. The first-order valence-electron chi connectivity index (χ1n) is 7.11. The molecule has 1 unspecified atom stereocenters. The fraction of sp³-hybridized carbons (Fsp3) is 0.312. The monoisotopic (exact) mass is 352 g/mol. The number of hydrogen-bond donors (Lipinski definition) is 2. The first-order chi connectivity index (χ1) is 11.8. The molecular weight excluding hydrogens is 332 g/mol. The van der Waals surface area contributed by atoms with Gasteiger partial charge in [0.05, 0.1) is 21.3 Å². The Balaban J connectivity index is 2.85. The highest BCUT2D eigenvalue weighted by molar-refractivity contribution is 5.97. The maximum absolute atomic E-state index is 11.8. The molecule has 1 rings (SSSR count). The summed E-state index contributed by atoms with van der Waals surface area (Å²) >= 11 is 0. The van der Waals surface area contributed by atoms with E-state index in [0.717, 1.165) is 6.08 Å². The Morgan fingerprint density at radius 3 is 2.08 bits per heavy atom. The van der Waals surface area contributed by atoms with E-state index in [1.807, 2.05) is 5.32 Å². The number of esters is 1. The van der Waals surface area contributed by atoms with E-state index in [0.29, 0.717) is 22.8 Å². The summed E-state index contributed by atoms with van der Waals surface area (Å²) in [5, 5.41) is 1.82. The molecule has 0 aliphatic rings. The molecule has 0 bridgehead atoms. The number of benzene rings is 1. The van der Waals surface area contributed by atoms with Crippen molar-refractivity contribution in [2.75, 3.05) is 21.3 Å². The van der Waals surface area contributed by atoms with Gasteiger partial charge in [-0.25, -0.2) is 9.59 Å². The van der Waals surface area contributed by atoms with E-state index in [9.17, 15) is 14.4 Å². The van der Waals surface area contributed by atoms with Crippen LogP contribution in [0.2, 0.25) is 0 Å². The number of ether oxygens (including phenoxy) is 4. The fourth-order valence-corrected chi connectivity index (χ4v) is 1.85. The third kappa shape index (κ3) is 5.72. The van der Waals surface area contributed by atoms with Crippen LogP contribution in [0.4, 0.5) is 4.79 Å². The Bertz CT molecular complexity index is 660. The normalized spacial score (nSPS) is 11.5. The van der Waals surface area contributed by atoms with Crippen LogP contribution in [-0.2, 0) is 14.3 Å². The molecule has 0 heterocycles. The largest absolute Gasteiger partial charge is 0.493 e. The molecule has 0 aromatic heterocycles. The van der Waals surface area contributed by atoms with Crippen molar-refractivity contribution in [3.05, 3.63) is 23.8 Å². The molecule has 9 nitrogen and oxygen atoms in total. The minimum absolute atomic E-state index is 0.418. The smallest absolute Gasteiger partial charge is 0.331 e. The number of carbonyl (C=O) groups excluding carboxylic acids is 3. The summed E-state index contributed by atoms with van der Waals surface area (Å²) in [6, 6.07) is 2.24. The van der Waals surface area contributed by atoms with Gasteiger partial charge in [0.2, 0.25) is 5.75 Å². The molecule has 0 spiro atoms. The highest BCUT2D eigenvalue weighted by atomic mass is 16.5. The third-order valence-corrected chi connectivity index (χ3v) is 3.01. The zero-order valence-electron chi connectivity index (χ0n) is 14.3. The van der Waals surface area contributed by atoms with Crippen molar-refractivity contribution in [1.82, 2.24) is 5.32 Å². The maximum Gasteiger partial charge on any atom is 0.331 e. The molecule has 0 aliphatic heterocycles. The van der Waals surface area contributed by atoms with Crippen LogP contribution in [0.25, 0.3) is 6.08 Å². The molecule has 0 radical (unpaired) electrons. The van der Waals surface area contributed by atoms with Gasteiger partial charge < -0.3 is 24.7 Å². The number of nitrogens with one attached hydrogen (secondary N) is 1. The summed E-state index contributed by atoms with van der Waals surface area (Å²) in [6.45, 7) is 1.31. The Hall–Kier alpha value is -3.23. The van der Waals surface area contributed by atoms with Crippen LogP contribution in [0.5, 0.6) is 17.2 Å². The minimum atomic E-state index is -1.18. The molecule has 0 saturated heterocycles. The Kier molecular flexibility index (Phi) is 7.26. The molecule has 0 fully saturated rings. The van der Waals surface area contributed by atoms with Gasteiger partial charge in [0.15, 0.2) is 17.6 Å². The predicted molar refractivity (Wildman–Crippen MR) is 88.4 cm³/mol. The van der Waals surface area contributed by atoms with Gasteiger partial charge in [-0.3, -0.25) is 10.1 Å². The molecule has 1 atom stereocenters. The van der Waals surface area contributed by atoms with E-state index in [-0.39, 0.29) is 0 Å². The van der Waals surface area contributed by atoms with E-state index < -0.39 is 24.0 Å². The standard InChI is InChI=1S/C16H20N2O7/c1-9(15(20)18-16(17)21)25-13(19)6-5-10-7-11(22-2)14(24-4)12(8-10)23-3/h5-9H,1-4H3,(H3,17,18,20,21). The van der Waals surface area contributed by atoms with Crippen LogP contribution in [-0.4, -0.2) is 45.3 Å². The van der Waals surface area contributed by atoms with E-state index in [4.69, 9.17) is 24.7 Å². The van der Waals surface area contributed by atoms with Crippen molar-refractivity contribution < 1.29 is 33.3 Å². The van der Waals surface area contributed by atoms with Crippen molar-refractivity contribution in [3.63, 3.8) is 0 Å². The Morgan fingerprint density at radius 2 is 1.64 bits per heavy atom. The van der Waals surface area contributed by atoms with Gasteiger partial charge in [0, 0.05) is 6.08 Å². The SMILES string of the molecule is COc1cc(C=CC(=O)OC(C)C(=O)NC(N)=O)cc(OC)c1OC. The average molecular weight is 352 g/mol. The fourth-order valence-electron chi connectivity index (χ4n) is 1.85. The first-order valence-corrected chi connectivity index (χ1v) is 7.11. The minimum Gasteiger partial charge on any atom is -0.493 e. The number of hydrogen-bond acceptors (Lipinski definition) is 7. The van der Waals surface area contributed by atoms with Gasteiger partial charge in [0.25, 0.3) is 5.91 Å². The first kappa shape index (κ1) is 19.8. The van der Waals surface area contributed by atoms with Crippen LogP contribution in [0.1, 0.15) is 12.5 Å². The van der Waals surface area contributed by atoms with Gasteiger partial charge in [-0.2, -0.15) is 0 Å². The number of imide groups is 1. The predicted octanol–water partition coefficient (Wildman–Crippen LogP) is 0.852. The zero-order chi connectivity index (χ0) is 19.0. The lowest BCUT2D eigenvalue weighted by Gasteiger charge is -2.13. The van der Waals surface area contributed by atoms with Gasteiger partial charge in [0.1, 0.15) is 0 Å². The molecule has 25 heavy (non-hydrogen) atoms. The maximum atomic E-state index is 11.8. The van der Waals surface area contributed by atoms with Gasteiger partial charge in [-0.15, -0.1) is 0 Å². The summed E-state index contributed by atoms with van der Waals surface area (Å²) in [7, 11) is 4.42. The van der Waals surface area contributed by atoms with Gasteiger partial charge in [-0.1, -0.05) is 0 Å². The van der Waals surface area contributed by atoms with Gasteiger partial charge in [-0.05, 0) is 30.7 Å². The highest BCUT2D eigenvalue weighted by Crippen LogP contribution is 2.38. The molecule has 0 aliphatic carbocycles. The van der Waals surface area contributed by atoms with Crippen LogP contribution in [0, 0.1) is 0 Å². The number of carbonyl (C=O) groups is 3. The van der Waals surface area contributed by atoms with Crippen LogP contribution >= 0.6 is 0 Å². The van der Waals surface area contributed by atoms with Crippen LogP contribution in [0.15, 0.2) is 18.2 Å². The molecule has 9 heteroatoms. The van der Waals surface area contributed by atoms with Crippen LogP contribution < -0.4 is 25.3 Å². The van der Waals surface area contributed by atoms with Crippen molar-refractivity contribution in [3.8, 4) is 17.2 Å². The van der Waals surface area contributed by atoms with Crippen molar-refractivity contribution >= 4 is 24.0 Å². The molecule has 3 amide bonds. The van der Waals surface area contributed by atoms with Crippen molar-refractivity contribution in [1.29, 1.82) is 0 Å². The van der Waals surface area contributed by atoms with Crippen molar-refractivity contribution in [2.24, 2.45) is 5.73 Å². The second kappa shape index (κ2) is 9.16. The number of nitrogens with two attached hydrogens (primary N) is 1. The quantitative estimate of drug-likeness (QED) is 0.550. The van der Waals surface area contributed by atoms with E-state index in [1.165, 1.54) is 34.3 Å².